The zero-order valence-electron chi connectivity index (χ0n) is 9.95. The summed E-state index contributed by atoms with van der Waals surface area (Å²) >= 11 is 0. The molecule has 1 aromatic carbocycles. The van der Waals surface area contributed by atoms with Crippen LogP contribution in [0.5, 0.6) is 5.75 Å². The first kappa shape index (κ1) is 11.4. The van der Waals surface area contributed by atoms with Crippen LogP contribution in [0.2, 0.25) is 0 Å². The van der Waals surface area contributed by atoms with Gasteiger partial charge in [0.15, 0.2) is 0 Å². The minimum Gasteiger partial charge on any atom is -0.497 e. The van der Waals surface area contributed by atoms with Crippen molar-refractivity contribution < 1.29 is 9.47 Å². The van der Waals surface area contributed by atoms with Gasteiger partial charge in [0.05, 0.1) is 20.3 Å². The molecular formula is C13H19NO2. The van der Waals surface area contributed by atoms with Crippen molar-refractivity contribution in [3.8, 4) is 5.75 Å². The molecular weight excluding hydrogens is 202 g/mol. The number of ether oxygens (including phenoxy) is 2. The molecule has 1 heterocycles. The fourth-order valence-electron chi connectivity index (χ4n) is 2.04. The molecule has 3 heteroatoms. The van der Waals surface area contributed by atoms with Crippen molar-refractivity contribution in [1.82, 2.24) is 5.32 Å². The lowest BCUT2D eigenvalue weighted by Crippen LogP contribution is -2.36. The molecule has 2 rings (SSSR count). The molecule has 88 valence electrons. The van der Waals surface area contributed by atoms with E-state index in [-0.39, 0.29) is 5.41 Å². The molecule has 0 radical (unpaired) electrons. The Morgan fingerprint density at radius 3 is 2.75 bits per heavy atom. The summed E-state index contributed by atoms with van der Waals surface area (Å²) in [4.78, 5) is 0. The molecule has 1 aromatic rings. The predicted octanol–water partition coefficient (Wildman–Crippen LogP) is 1.57. The number of methoxy groups -OCH3 is 1. The second-order valence-corrected chi connectivity index (χ2v) is 4.52. The summed E-state index contributed by atoms with van der Waals surface area (Å²) in [5.74, 6) is 0.898. The summed E-state index contributed by atoms with van der Waals surface area (Å²) in [5, 5.41) is 3.41. The van der Waals surface area contributed by atoms with Crippen molar-refractivity contribution in [3.05, 3.63) is 29.8 Å². The van der Waals surface area contributed by atoms with Crippen LogP contribution in [0, 0.1) is 0 Å². The third kappa shape index (κ3) is 2.36. The van der Waals surface area contributed by atoms with Crippen LogP contribution in [-0.2, 0) is 10.2 Å². The van der Waals surface area contributed by atoms with Crippen molar-refractivity contribution in [3.63, 3.8) is 0 Å². The Hall–Kier alpha value is -1.06. The molecule has 1 saturated heterocycles. The smallest absolute Gasteiger partial charge is 0.118 e. The maximum absolute atomic E-state index is 5.63. The van der Waals surface area contributed by atoms with Gasteiger partial charge in [-0.05, 0) is 17.7 Å². The molecule has 0 aliphatic carbocycles. The third-order valence-corrected chi connectivity index (χ3v) is 3.15. The highest BCUT2D eigenvalue weighted by Crippen LogP contribution is 2.26. The number of benzene rings is 1. The Kier molecular flexibility index (Phi) is 3.46. The summed E-state index contributed by atoms with van der Waals surface area (Å²) in [7, 11) is 1.69. The fourth-order valence-corrected chi connectivity index (χ4v) is 2.04. The van der Waals surface area contributed by atoms with Crippen LogP contribution in [-0.4, -0.2) is 33.4 Å². The zero-order valence-corrected chi connectivity index (χ0v) is 9.95. The van der Waals surface area contributed by atoms with Gasteiger partial charge in [-0.1, -0.05) is 19.1 Å². The van der Waals surface area contributed by atoms with Crippen molar-refractivity contribution in [2.45, 2.75) is 12.3 Å². The van der Waals surface area contributed by atoms with Crippen molar-refractivity contribution in [2.24, 2.45) is 0 Å². The average molecular weight is 221 g/mol. The summed E-state index contributed by atoms with van der Waals surface area (Å²) in [6.07, 6.45) is 0. The van der Waals surface area contributed by atoms with E-state index >= 15 is 0 Å². The molecule has 0 aromatic heterocycles. The molecule has 0 amide bonds. The monoisotopic (exact) mass is 221 g/mol. The first-order chi connectivity index (χ1) is 7.74. The van der Waals surface area contributed by atoms with Gasteiger partial charge >= 0.3 is 0 Å². The van der Waals surface area contributed by atoms with E-state index in [0.29, 0.717) is 0 Å². The predicted molar refractivity (Wildman–Crippen MR) is 64.0 cm³/mol. The molecule has 1 aliphatic heterocycles. The van der Waals surface area contributed by atoms with E-state index in [1.54, 1.807) is 7.11 Å². The van der Waals surface area contributed by atoms with Crippen LogP contribution in [0.3, 0.4) is 0 Å². The maximum Gasteiger partial charge on any atom is 0.118 e. The Morgan fingerprint density at radius 2 is 2.06 bits per heavy atom. The Bertz CT molecular complexity index is 326. The normalized spacial score (nSPS) is 26.1. The van der Waals surface area contributed by atoms with E-state index in [2.05, 4.69) is 24.4 Å². The molecule has 3 nitrogen and oxygen atoms in total. The minimum atomic E-state index is 0.0583. The van der Waals surface area contributed by atoms with Gasteiger partial charge in [0, 0.05) is 18.5 Å². The first-order valence-electron chi connectivity index (χ1n) is 5.68. The van der Waals surface area contributed by atoms with Crippen LogP contribution < -0.4 is 10.1 Å². The number of hydrogen-bond donors (Lipinski definition) is 1. The van der Waals surface area contributed by atoms with E-state index < -0.39 is 0 Å². The van der Waals surface area contributed by atoms with Crippen molar-refractivity contribution >= 4 is 0 Å². The fraction of sp³-hybridized carbons (Fsp3) is 0.538. The van der Waals surface area contributed by atoms with Gasteiger partial charge in [0.1, 0.15) is 5.75 Å². The van der Waals surface area contributed by atoms with Crippen LogP contribution in [0.15, 0.2) is 24.3 Å². The number of rotatable bonds is 2. The van der Waals surface area contributed by atoms with E-state index in [4.69, 9.17) is 9.47 Å². The summed E-state index contributed by atoms with van der Waals surface area (Å²) in [6, 6.07) is 8.25. The highest BCUT2D eigenvalue weighted by molar-refractivity contribution is 5.32. The summed E-state index contributed by atoms with van der Waals surface area (Å²) < 4.78 is 10.8. The van der Waals surface area contributed by atoms with Crippen LogP contribution in [0.25, 0.3) is 0 Å². The second-order valence-electron chi connectivity index (χ2n) is 4.52. The molecule has 1 unspecified atom stereocenters. The largest absolute Gasteiger partial charge is 0.497 e. The average Bonchev–Trinajstić information content (AvgIpc) is 2.55. The molecule has 16 heavy (non-hydrogen) atoms. The molecule has 1 N–H and O–H groups in total. The molecule has 0 saturated carbocycles. The van der Waals surface area contributed by atoms with Gasteiger partial charge in [-0.2, -0.15) is 0 Å². The number of hydrogen-bond acceptors (Lipinski definition) is 3. The standard InChI is InChI=1S/C13H19NO2/c1-13(9-14-7-8-16-10-13)11-3-5-12(15-2)6-4-11/h3-6,14H,7-10H2,1-2H3. The molecule has 0 spiro atoms. The van der Waals surface area contributed by atoms with E-state index in [1.807, 2.05) is 12.1 Å². The van der Waals surface area contributed by atoms with Crippen LogP contribution in [0.4, 0.5) is 0 Å². The van der Waals surface area contributed by atoms with E-state index in [9.17, 15) is 0 Å². The van der Waals surface area contributed by atoms with Gasteiger partial charge in [-0.3, -0.25) is 0 Å². The van der Waals surface area contributed by atoms with Gasteiger partial charge in [-0.25, -0.2) is 0 Å². The minimum absolute atomic E-state index is 0.0583. The zero-order chi connectivity index (χ0) is 11.4. The summed E-state index contributed by atoms with van der Waals surface area (Å²) in [6.45, 7) is 5.69. The molecule has 1 atom stereocenters. The number of nitrogens with one attached hydrogen (secondary N) is 1. The van der Waals surface area contributed by atoms with Crippen LogP contribution in [0.1, 0.15) is 12.5 Å². The van der Waals surface area contributed by atoms with Gasteiger partial charge < -0.3 is 14.8 Å². The lowest BCUT2D eigenvalue weighted by atomic mass is 9.83. The Labute approximate surface area is 96.8 Å². The highest BCUT2D eigenvalue weighted by atomic mass is 16.5. The van der Waals surface area contributed by atoms with Crippen molar-refractivity contribution in [1.29, 1.82) is 0 Å². The lowest BCUT2D eigenvalue weighted by Gasteiger charge is -2.28. The maximum atomic E-state index is 5.63. The highest BCUT2D eigenvalue weighted by Gasteiger charge is 2.28. The lowest BCUT2D eigenvalue weighted by molar-refractivity contribution is 0.113. The molecule has 0 bridgehead atoms. The van der Waals surface area contributed by atoms with Gasteiger partial charge in [0.25, 0.3) is 0 Å². The molecule has 1 fully saturated rings. The van der Waals surface area contributed by atoms with Crippen LogP contribution >= 0.6 is 0 Å². The molecule has 1 aliphatic rings. The quantitative estimate of drug-likeness (QED) is 0.822. The van der Waals surface area contributed by atoms with E-state index in [0.717, 1.165) is 32.1 Å². The first-order valence-corrected chi connectivity index (χ1v) is 5.68. The summed E-state index contributed by atoms with van der Waals surface area (Å²) in [5.41, 5.74) is 1.35. The van der Waals surface area contributed by atoms with Gasteiger partial charge in [-0.15, -0.1) is 0 Å². The third-order valence-electron chi connectivity index (χ3n) is 3.15. The van der Waals surface area contributed by atoms with E-state index in [1.165, 1.54) is 5.56 Å². The Balaban J connectivity index is 2.19. The Morgan fingerprint density at radius 1 is 1.31 bits per heavy atom. The SMILES string of the molecule is COc1ccc(C2(C)CNCCOC2)cc1. The second kappa shape index (κ2) is 4.85. The van der Waals surface area contributed by atoms with Crippen molar-refractivity contribution in [2.75, 3.05) is 33.4 Å². The topological polar surface area (TPSA) is 30.5 Å². The van der Waals surface area contributed by atoms with Gasteiger partial charge in [0.2, 0.25) is 0 Å².